The molecule has 2 fully saturated rings. The Morgan fingerprint density at radius 2 is 1.80 bits per heavy atom. The van der Waals surface area contributed by atoms with E-state index in [4.69, 9.17) is 4.74 Å². The zero-order chi connectivity index (χ0) is 24.3. The van der Waals surface area contributed by atoms with Crippen LogP contribution in [-0.4, -0.2) is 52.7 Å². The van der Waals surface area contributed by atoms with E-state index in [-0.39, 0.29) is 36.0 Å². The van der Waals surface area contributed by atoms with E-state index in [9.17, 15) is 19.5 Å². The monoisotopic (exact) mass is 489 g/mol. The van der Waals surface area contributed by atoms with Crippen LogP contribution in [0.4, 0.5) is 9.93 Å². The second-order valence-electron chi connectivity index (χ2n) is 9.43. The summed E-state index contributed by atoms with van der Waals surface area (Å²) in [6.45, 7) is 2.55. The van der Waals surface area contributed by atoms with E-state index < -0.39 is 17.5 Å². The van der Waals surface area contributed by atoms with Gasteiger partial charge in [-0.05, 0) is 41.5 Å². The number of fused-ring (bicyclic) bond motifs is 4. The first-order chi connectivity index (χ1) is 16.9. The molecule has 35 heavy (non-hydrogen) atoms. The second-order valence-corrected chi connectivity index (χ2v) is 10.4. The molecule has 2 N–H and O–H groups in total. The fourth-order valence-electron chi connectivity index (χ4n) is 5.48. The summed E-state index contributed by atoms with van der Waals surface area (Å²) >= 11 is 1.08. The Balaban J connectivity index is 1.11. The van der Waals surface area contributed by atoms with Crippen molar-refractivity contribution in [1.29, 1.82) is 0 Å². The number of piperidine rings is 1. The lowest BCUT2D eigenvalue weighted by Crippen LogP contribution is -2.33. The molecule has 2 aliphatic carbocycles. The average molecular weight is 490 g/mol. The highest BCUT2D eigenvalue weighted by molar-refractivity contribution is 7.17. The van der Waals surface area contributed by atoms with Gasteiger partial charge in [-0.15, -0.1) is 0 Å². The summed E-state index contributed by atoms with van der Waals surface area (Å²) < 4.78 is 5.57. The maximum Gasteiger partial charge on any atom is 0.413 e. The van der Waals surface area contributed by atoms with Gasteiger partial charge in [-0.25, -0.2) is 9.78 Å². The number of aryl methyl sites for hydroxylation is 1. The maximum atomic E-state index is 13.0. The van der Waals surface area contributed by atoms with Crippen molar-refractivity contribution in [1.82, 2.24) is 9.88 Å². The Morgan fingerprint density at radius 3 is 2.43 bits per heavy atom. The summed E-state index contributed by atoms with van der Waals surface area (Å²) in [5, 5.41) is 12.4. The molecule has 3 aliphatic rings. The Labute approximate surface area is 205 Å². The van der Waals surface area contributed by atoms with Gasteiger partial charge < -0.3 is 14.7 Å². The minimum atomic E-state index is -0.837. The van der Waals surface area contributed by atoms with Gasteiger partial charge in [0.25, 0.3) is 5.91 Å². The minimum absolute atomic E-state index is 0.0237. The van der Waals surface area contributed by atoms with Crippen LogP contribution in [0, 0.1) is 18.3 Å². The molecule has 3 aromatic rings. The van der Waals surface area contributed by atoms with Crippen molar-refractivity contribution < 1.29 is 24.2 Å². The Kier molecular flexibility index (Phi) is 4.93. The molecule has 2 amide bonds. The third kappa shape index (κ3) is 3.49. The van der Waals surface area contributed by atoms with E-state index in [1.54, 1.807) is 11.8 Å². The van der Waals surface area contributed by atoms with Crippen LogP contribution < -0.4 is 5.32 Å². The van der Waals surface area contributed by atoms with Crippen LogP contribution in [0.15, 0.2) is 48.5 Å². The van der Waals surface area contributed by atoms with Gasteiger partial charge in [-0.1, -0.05) is 59.9 Å². The van der Waals surface area contributed by atoms with E-state index in [0.29, 0.717) is 23.5 Å². The highest BCUT2D eigenvalue weighted by Gasteiger charge is 2.66. The van der Waals surface area contributed by atoms with Gasteiger partial charge in [0, 0.05) is 19.0 Å². The van der Waals surface area contributed by atoms with Gasteiger partial charge in [-0.2, -0.15) is 0 Å². The third-order valence-corrected chi connectivity index (χ3v) is 8.46. The van der Waals surface area contributed by atoms with Crippen molar-refractivity contribution in [2.75, 3.05) is 25.0 Å². The first kappa shape index (κ1) is 21.8. The summed E-state index contributed by atoms with van der Waals surface area (Å²) in [4.78, 5) is 43.4. The van der Waals surface area contributed by atoms with E-state index in [1.807, 2.05) is 24.3 Å². The molecule has 2 heterocycles. The maximum absolute atomic E-state index is 13.0. The largest absolute Gasteiger partial charge is 0.481 e. The first-order valence-corrected chi connectivity index (χ1v) is 12.3. The molecule has 0 radical (unpaired) electrons. The number of likely N-dealkylation sites (tertiary alicyclic amines) is 1. The molecule has 1 aromatic heterocycles. The molecular formula is C26H23N3O5S. The van der Waals surface area contributed by atoms with Gasteiger partial charge in [0.1, 0.15) is 11.5 Å². The fraction of sp³-hybridized carbons (Fsp3) is 0.308. The number of benzene rings is 2. The van der Waals surface area contributed by atoms with Gasteiger partial charge in [0.05, 0.1) is 11.1 Å². The van der Waals surface area contributed by atoms with Crippen molar-refractivity contribution in [3.63, 3.8) is 0 Å². The standard InChI is InChI=1S/C26H23N3O5S/c1-14-21(22(30)29-11-15-10-26(15,13-29)23(31)32)35-24(27-14)28-25(33)34-12-20-18-8-4-2-6-16(18)17-7-3-5-9-19(17)20/h2-9,15,20H,10-13H2,1H3,(H,31,32)(H,27,28,33). The molecular weight excluding hydrogens is 466 g/mol. The molecule has 0 spiro atoms. The lowest BCUT2D eigenvalue weighted by molar-refractivity contribution is -0.143. The van der Waals surface area contributed by atoms with E-state index in [0.717, 1.165) is 33.6 Å². The van der Waals surface area contributed by atoms with Crippen molar-refractivity contribution in [2.24, 2.45) is 11.3 Å². The zero-order valence-corrected chi connectivity index (χ0v) is 19.8. The predicted molar refractivity (Wildman–Crippen MR) is 130 cm³/mol. The Morgan fingerprint density at radius 1 is 1.14 bits per heavy atom. The zero-order valence-electron chi connectivity index (χ0n) is 19.0. The molecule has 1 saturated heterocycles. The second kappa shape index (κ2) is 7.91. The molecule has 0 bridgehead atoms. The first-order valence-electron chi connectivity index (χ1n) is 11.5. The number of carbonyl (C=O) groups is 3. The number of amides is 2. The van der Waals surface area contributed by atoms with E-state index >= 15 is 0 Å². The summed E-state index contributed by atoms with van der Waals surface area (Å²) in [6.07, 6.45) is -0.00518. The number of carbonyl (C=O) groups excluding carboxylic acids is 2. The van der Waals surface area contributed by atoms with Crippen LogP contribution >= 0.6 is 11.3 Å². The summed E-state index contributed by atoms with van der Waals surface area (Å²) in [5.41, 5.74) is 4.28. The molecule has 8 nitrogen and oxygen atoms in total. The van der Waals surface area contributed by atoms with Crippen LogP contribution in [0.2, 0.25) is 0 Å². The molecule has 1 saturated carbocycles. The van der Waals surface area contributed by atoms with Crippen LogP contribution in [0.25, 0.3) is 11.1 Å². The number of carboxylic acids is 1. The minimum Gasteiger partial charge on any atom is -0.481 e. The van der Waals surface area contributed by atoms with Crippen molar-refractivity contribution >= 4 is 34.4 Å². The fourth-order valence-corrected chi connectivity index (χ4v) is 6.40. The molecule has 178 valence electrons. The van der Waals surface area contributed by atoms with Crippen molar-refractivity contribution in [3.05, 3.63) is 70.2 Å². The number of hydrogen-bond donors (Lipinski definition) is 2. The van der Waals surface area contributed by atoms with E-state index in [2.05, 4.69) is 34.6 Å². The number of nitrogens with zero attached hydrogens (tertiary/aromatic N) is 2. The third-order valence-electron chi connectivity index (χ3n) is 7.40. The number of aromatic nitrogens is 1. The lowest BCUT2D eigenvalue weighted by atomic mass is 9.98. The average Bonchev–Trinajstić information content (AvgIpc) is 3.12. The van der Waals surface area contributed by atoms with Gasteiger partial charge >= 0.3 is 12.1 Å². The highest BCUT2D eigenvalue weighted by Crippen LogP contribution is 2.58. The number of aliphatic carboxylic acids is 1. The number of hydrogen-bond acceptors (Lipinski definition) is 6. The summed E-state index contributed by atoms with van der Waals surface area (Å²) in [7, 11) is 0. The number of nitrogens with one attached hydrogen (secondary N) is 1. The van der Waals surface area contributed by atoms with Crippen LogP contribution in [0.1, 0.15) is 38.8 Å². The van der Waals surface area contributed by atoms with Crippen LogP contribution in [-0.2, 0) is 9.53 Å². The molecule has 2 aromatic carbocycles. The lowest BCUT2D eigenvalue weighted by Gasteiger charge is -2.18. The van der Waals surface area contributed by atoms with Gasteiger partial charge in [0.15, 0.2) is 5.13 Å². The quantitative estimate of drug-likeness (QED) is 0.551. The van der Waals surface area contributed by atoms with Crippen LogP contribution in [0.5, 0.6) is 0 Å². The number of rotatable bonds is 5. The molecule has 2 atom stereocenters. The summed E-state index contributed by atoms with van der Waals surface area (Å²) in [5.74, 6) is -1.10. The van der Waals surface area contributed by atoms with Crippen LogP contribution in [0.3, 0.4) is 0 Å². The van der Waals surface area contributed by atoms with Gasteiger partial charge in [0.2, 0.25) is 0 Å². The number of anilines is 1. The normalized spacial score (nSPS) is 21.7. The smallest absolute Gasteiger partial charge is 0.413 e. The summed E-state index contributed by atoms with van der Waals surface area (Å²) in [6, 6.07) is 16.2. The molecule has 9 heteroatoms. The van der Waals surface area contributed by atoms with Crippen molar-refractivity contribution in [2.45, 2.75) is 19.3 Å². The van der Waals surface area contributed by atoms with E-state index in [1.165, 1.54) is 0 Å². The Hall–Kier alpha value is -3.72. The molecule has 1 aliphatic heterocycles. The molecule has 2 unspecified atom stereocenters. The topological polar surface area (TPSA) is 109 Å². The number of carboxylic acid groups (broad SMARTS) is 1. The predicted octanol–water partition coefficient (Wildman–Crippen LogP) is 4.36. The van der Waals surface area contributed by atoms with Crippen molar-refractivity contribution in [3.8, 4) is 11.1 Å². The highest BCUT2D eigenvalue weighted by atomic mass is 32.1. The number of thiazole rings is 1. The van der Waals surface area contributed by atoms with Gasteiger partial charge in [-0.3, -0.25) is 14.9 Å². The molecule has 6 rings (SSSR count). The number of ether oxygens (including phenoxy) is 1. The SMILES string of the molecule is Cc1nc(NC(=O)OCC2c3ccccc3-c3ccccc32)sc1C(=O)N1CC2CC2(C(=O)O)C1. The Bertz CT molecular complexity index is 1340.